The lowest BCUT2D eigenvalue weighted by Gasteiger charge is -2.09. The third-order valence-electron chi connectivity index (χ3n) is 0.848. The minimum absolute atomic E-state index is 0.0185. The largest absolute Gasteiger partial charge is 0.351 e. The molecule has 0 amide bonds. The number of hydrogen-bond acceptors (Lipinski definition) is 2. The molecule has 2 nitrogen and oxygen atoms in total. The lowest BCUT2D eigenvalue weighted by Crippen LogP contribution is -2.24. The van der Waals surface area contributed by atoms with Crippen LogP contribution in [0.5, 0.6) is 0 Å². The molecule has 0 saturated carbocycles. The van der Waals surface area contributed by atoms with Crippen LogP contribution < -0.4 is 0 Å². The van der Waals surface area contributed by atoms with Gasteiger partial charge in [0.2, 0.25) is 11.7 Å². The van der Waals surface area contributed by atoms with Crippen molar-refractivity contribution in [2.75, 3.05) is 14.2 Å². The minimum Gasteiger partial charge on any atom is -0.351 e. The van der Waals surface area contributed by atoms with Gasteiger partial charge in [-0.3, -0.25) is 0 Å². The fraction of sp³-hybridized carbons (Fsp3) is 1.00. The maximum atomic E-state index is 4.85. The summed E-state index contributed by atoms with van der Waals surface area (Å²) >= 11 is 4.85. The average molecular weight is 140 g/mol. The zero-order valence-electron chi connectivity index (χ0n) is 5.38. The molecule has 0 aliphatic heterocycles. The Labute approximate surface area is 54.7 Å². The standard InChI is InChI=1S/C5H12ClO2/c1-4(6)5(7-2)8-3/h4-6H,1-3H3/q+1. The summed E-state index contributed by atoms with van der Waals surface area (Å²) in [6.45, 7) is 1.87. The molecule has 1 unspecified atom stereocenters. The Morgan fingerprint density at radius 3 is 1.62 bits per heavy atom. The van der Waals surface area contributed by atoms with Gasteiger partial charge in [-0.15, -0.1) is 0 Å². The van der Waals surface area contributed by atoms with Gasteiger partial charge in [-0.25, -0.2) is 0 Å². The van der Waals surface area contributed by atoms with Gasteiger partial charge in [0.15, 0.2) is 0 Å². The summed E-state index contributed by atoms with van der Waals surface area (Å²) in [7, 11) is 3.16. The summed E-state index contributed by atoms with van der Waals surface area (Å²) in [5, 5.41) is 0.0185. The minimum atomic E-state index is -0.231. The predicted octanol–water partition coefficient (Wildman–Crippen LogP) is 0.275. The van der Waals surface area contributed by atoms with Crippen LogP contribution in [0, 0.1) is 11.6 Å². The maximum Gasteiger partial charge on any atom is 0.227 e. The summed E-state index contributed by atoms with van der Waals surface area (Å²) in [6.07, 6.45) is -0.231. The maximum absolute atomic E-state index is 4.85. The Morgan fingerprint density at radius 1 is 1.25 bits per heavy atom. The molecular formula is C5H12ClO2+. The number of rotatable bonds is 3. The molecule has 0 aliphatic carbocycles. The van der Waals surface area contributed by atoms with Crippen molar-refractivity contribution in [3.05, 3.63) is 0 Å². The van der Waals surface area contributed by atoms with Crippen LogP contribution in [0.25, 0.3) is 0 Å². The van der Waals surface area contributed by atoms with Crippen molar-refractivity contribution in [1.29, 1.82) is 0 Å². The SMILES string of the molecule is COC(OC)C(C)[ClH+]. The zero-order chi connectivity index (χ0) is 6.57. The first kappa shape index (κ1) is 8.21. The monoisotopic (exact) mass is 139 g/mol. The van der Waals surface area contributed by atoms with Gasteiger partial charge in [0, 0.05) is 14.2 Å². The van der Waals surface area contributed by atoms with E-state index in [2.05, 4.69) is 0 Å². The normalized spacial score (nSPS) is 14.6. The quantitative estimate of drug-likeness (QED) is 0.413. The van der Waals surface area contributed by atoms with Gasteiger partial charge in [-0.2, -0.15) is 0 Å². The van der Waals surface area contributed by atoms with E-state index in [9.17, 15) is 0 Å². The molecule has 0 bridgehead atoms. The van der Waals surface area contributed by atoms with E-state index in [4.69, 9.17) is 21.1 Å². The smallest absolute Gasteiger partial charge is 0.227 e. The molecule has 0 spiro atoms. The first-order valence-corrected chi connectivity index (χ1v) is 2.91. The molecular weight excluding hydrogens is 128 g/mol. The van der Waals surface area contributed by atoms with Gasteiger partial charge >= 0.3 is 0 Å². The fourth-order valence-corrected chi connectivity index (χ4v) is 0.702. The molecule has 0 N–H and O–H groups in total. The second-order valence-electron chi connectivity index (χ2n) is 1.54. The van der Waals surface area contributed by atoms with Crippen molar-refractivity contribution >= 4 is 0 Å². The first-order valence-electron chi connectivity index (χ1n) is 2.43. The van der Waals surface area contributed by atoms with Gasteiger partial charge in [0.05, 0.1) is 0 Å². The highest BCUT2D eigenvalue weighted by molar-refractivity contribution is 4.46. The number of halogens is 1. The van der Waals surface area contributed by atoms with E-state index in [-0.39, 0.29) is 11.7 Å². The molecule has 0 aromatic heterocycles. The molecule has 3 heteroatoms. The number of hydrogen-bond donors (Lipinski definition) is 0. The van der Waals surface area contributed by atoms with Crippen molar-refractivity contribution in [3.8, 4) is 0 Å². The van der Waals surface area contributed by atoms with Crippen LogP contribution in [0.4, 0.5) is 0 Å². The van der Waals surface area contributed by atoms with Crippen LogP contribution in [0.15, 0.2) is 0 Å². The number of ether oxygens (including phenoxy) is 2. The highest BCUT2D eigenvalue weighted by Crippen LogP contribution is 1.97. The summed E-state index contributed by atoms with van der Waals surface area (Å²) < 4.78 is 9.67. The van der Waals surface area contributed by atoms with Gasteiger partial charge in [-0.05, 0) is 6.92 Å². The van der Waals surface area contributed by atoms with Crippen molar-refractivity contribution in [2.24, 2.45) is 0 Å². The summed E-state index contributed by atoms with van der Waals surface area (Å²) in [5.74, 6) is 0. The number of alkyl halides is 1. The molecule has 0 aromatic carbocycles. The average Bonchev–Trinajstić information content (AvgIpc) is 1.69. The van der Waals surface area contributed by atoms with Crippen LogP contribution in [-0.4, -0.2) is 25.9 Å². The molecule has 8 heavy (non-hydrogen) atoms. The molecule has 1 atom stereocenters. The molecule has 0 heterocycles. The Kier molecular flexibility index (Phi) is 4.23. The van der Waals surface area contributed by atoms with E-state index in [1.807, 2.05) is 6.92 Å². The van der Waals surface area contributed by atoms with Crippen LogP contribution in [0.3, 0.4) is 0 Å². The summed E-state index contributed by atoms with van der Waals surface area (Å²) in [6, 6.07) is 0. The van der Waals surface area contributed by atoms with Gasteiger partial charge in [0.25, 0.3) is 0 Å². The molecule has 0 fully saturated rings. The van der Waals surface area contributed by atoms with Gasteiger partial charge < -0.3 is 9.47 Å². The summed E-state index contributed by atoms with van der Waals surface area (Å²) in [4.78, 5) is 0. The Bertz CT molecular complexity index is 52.4. The first-order chi connectivity index (χ1) is 3.72. The predicted molar refractivity (Wildman–Crippen MR) is 28.7 cm³/mol. The molecule has 50 valence electrons. The Balaban J connectivity index is 3.35. The third kappa shape index (κ3) is 2.50. The second kappa shape index (κ2) is 4.13. The molecule has 0 saturated heterocycles. The molecule has 0 aliphatic rings. The van der Waals surface area contributed by atoms with E-state index in [0.29, 0.717) is 0 Å². The summed E-state index contributed by atoms with van der Waals surface area (Å²) in [5.41, 5.74) is 0. The lowest BCUT2D eigenvalue weighted by molar-refractivity contribution is -0.453. The van der Waals surface area contributed by atoms with Crippen molar-refractivity contribution in [2.45, 2.75) is 18.6 Å². The van der Waals surface area contributed by atoms with Gasteiger partial charge in [-0.1, -0.05) is 0 Å². The fourth-order valence-electron chi connectivity index (χ4n) is 0.480. The highest BCUT2D eigenvalue weighted by atomic mass is 35.5. The van der Waals surface area contributed by atoms with E-state index >= 15 is 0 Å². The van der Waals surface area contributed by atoms with Gasteiger partial charge in [0.1, 0.15) is 11.6 Å². The number of methoxy groups -OCH3 is 2. The van der Waals surface area contributed by atoms with E-state index in [0.717, 1.165) is 0 Å². The topological polar surface area (TPSA) is 18.5 Å². The van der Waals surface area contributed by atoms with E-state index in [1.54, 1.807) is 14.2 Å². The second-order valence-corrected chi connectivity index (χ2v) is 2.29. The van der Waals surface area contributed by atoms with Crippen LogP contribution >= 0.6 is 0 Å². The molecule has 0 aromatic rings. The van der Waals surface area contributed by atoms with E-state index < -0.39 is 0 Å². The Morgan fingerprint density at radius 2 is 1.62 bits per heavy atom. The van der Waals surface area contributed by atoms with Crippen LogP contribution in [-0.2, 0) is 9.47 Å². The van der Waals surface area contributed by atoms with E-state index in [1.165, 1.54) is 0 Å². The van der Waals surface area contributed by atoms with Crippen molar-refractivity contribution < 1.29 is 21.1 Å². The van der Waals surface area contributed by atoms with Crippen LogP contribution in [0.2, 0.25) is 0 Å². The zero-order valence-corrected chi connectivity index (χ0v) is 6.20. The highest BCUT2D eigenvalue weighted by Gasteiger charge is 2.18. The lowest BCUT2D eigenvalue weighted by atomic mass is 10.5. The van der Waals surface area contributed by atoms with Crippen molar-refractivity contribution in [3.63, 3.8) is 0 Å². The molecule has 0 rings (SSSR count). The van der Waals surface area contributed by atoms with Crippen molar-refractivity contribution in [1.82, 2.24) is 0 Å². The molecule has 0 radical (unpaired) electrons. The van der Waals surface area contributed by atoms with Crippen LogP contribution in [0.1, 0.15) is 6.92 Å². The Hall–Kier alpha value is 0.210. The third-order valence-corrected chi connectivity index (χ3v) is 1.07.